The van der Waals surface area contributed by atoms with Crippen LogP contribution in [0.3, 0.4) is 0 Å². The second kappa shape index (κ2) is 3.01. The van der Waals surface area contributed by atoms with Crippen LogP contribution in [0.5, 0.6) is 0 Å². The van der Waals surface area contributed by atoms with Gasteiger partial charge >= 0.3 is 5.69 Å². The fraction of sp³-hybridized carbons (Fsp3) is 0.0769. The molecular formula is C13H10N4O. The quantitative estimate of drug-likeness (QED) is 0.491. The van der Waals surface area contributed by atoms with E-state index in [-0.39, 0.29) is 5.69 Å². The molecule has 3 aromatic heterocycles. The summed E-state index contributed by atoms with van der Waals surface area (Å²) >= 11 is 0. The number of nitrogens with zero attached hydrogens (tertiary/aromatic N) is 2. The molecule has 3 heterocycles. The van der Waals surface area contributed by atoms with E-state index in [0.717, 1.165) is 33.0 Å². The minimum atomic E-state index is -0.202. The Morgan fingerprint density at radius 3 is 2.94 bits per heavy atom. The Morgan fingerprint density at radius 2 is 2.06 bits per heavy atom. The fourth-order valence-electron chi connectivity index (χ4n) is 2.59. The number of aromatic amines is 2. The number of H-pyrrole nitrogens is 2. The molecule has 5 nitrogen and oxygen atoms in total. The molecule has 4 rings (SSSR count). The van der Waals surface area contributed by atoms with E-state index in [1.54, 1.807) is 6.20 Å². The second-order valence-corrected chi connectivity index (χ2v) is 4.40. The van der Waals surface area contributed by atoms with E-state index in [4.69, 9.17) is 0 Å². The monoisotopic (exact) mass is 238 g/mol. The van der Waals surface area contributed by atoms with Crippen LogP contribution in [0.15, 0.2) is 35.3 Å². The minimum Gasteiger partial charge on any atom is -0.328 e. The molecule has 0 spiro atoms. The highest BCUT2D eigenvalue weighted by Gasteiger charge is 2.13. The molecule has 0 aliphatic rings. The third kappa shape index (κ3) is 1.01. The van der Waals surface area contributed by atoms with Crippen molar-refractivity contribution < 1.29 is 0 Å². The van der Waals surface area contributed by atoms with Crippen LogP contribution in [0.1, 0.15) is 0 Å². The molecule has 4 aromatic rings. The van der Waals surface area contributed by atoms with Crippen LogP contribution < -0.4 is 5.69 Å². The van der Waals surface area contributed by atoms with E-state index >= 15 is 0 Å². The highest BCUT2D eigenvalue weighted by molar-refractivity contribution is 6.17. The van der Waals surface area contributed by atoms with E-state index in [9.17, 15) is 4.79 Å². The Balaban J connectivity index is 2.44. The van der Waals surface area contributed by atoms with E-state index in [2.05, 4.69) is 15.0 Å². The zero-order valence-electron chi connectivity index (χ0n) is 9.69. The van der Waals surface area contributed by atoms with Crippen molar-refractivity contribution in [2.24, 2.45) is 7.05 Å². The SMILES string of the molecule is Cn1c2ccccc2c2c3[nH]c(=O)[nH]c3cnc21. The molecule has 0 saturated carbocycles. The van der Waals surface area contributed by atoms with Gasteiger partial charge in [0.05, 0.1) is 28.1 Å². The summed E-state index contributed by atoms with van der Waals surface area (Å²) in [7, 11) is 1.98. The van der Waals surface area contributed by atoms with Gasteiger partial charge in [-0.1, -0.05) is 18.2 Å². The van der Waals surface area contributed by atoms with E-state index in [1.165, 1.54) is 0 Å². The van der Waals surface area contributed by atoms with Gasteiger partial charge in [0.25, 0.3) is 0 Å². The van der Waals surface area contributed by atoms with Gasteiger partial charge in [-0.15, -0.1) is 0 Å². The van der Waals surface area contributed by atoms with Crippen LogP contribution in [0.2, 0.25) is 0 Å². The molecule has 0 atom stereocenters. The molecule has 0 unspecified atom stereocenters. The van der Waals surface area contributed by atoms with Crippen molar-refractivity contribution >= 4 is 33.0 Å². The highest BCUT2D eigenvalue weighted by atomic mass is 16.1. The first-order valence-electron chi connectivity index (χ1n) is 5.70. The predicted octanol–water partition coefficient (Wildman–Crippen LogP) is 1.90. The average molecular weight is 238 g/mol. The number of pyridine rings is 1. The first-order valence-corrected chi connectivity index (χ1v) is 5.70. The summed E-state index contributed by atoms with van der Waals surface area (Å²) in [4.78, 5) is 21.4. The van der Waals surface area contributed by atoms with Crippen molar-refractivity contribution in [2.45, 2.75) is 0 Å². The fourth-order valence-corrected chi connectivity index (χ4v) is 2.59. The summed E-state index contributed by atoms with van der Waals surface area (Å²) in [6.07, 6.45) is 1.69. The van der Waals surface area contributed by atoms with Crippen molar-refractivity contribution in [3.63, 3.8) is 0 Å². The van der Waals surface area contributed by atoms with Gasteiger partial charge in [-0.25, -0.2) is 9.78 Å². The molecule has 18 heavy (non-hydrogen) atoms. The normalized spacial score (nSPS) is 11.8. The summed E-state index contributed by atoms with van der Waals surface area (Å²) < 4.78 is 2.04. The molecular weight excluding hydrogens is 228 g/mol. The number of aromatic nitrogens is 4. The lowest BCUT2D eigenvalue weighted by molar-refractivity contribution is 0.991. The van der Waals surface area contributed by atoms with Gasteiger partial charge in [0.2, 0.25) is 0 Å². The molecule has 0 fully saturated rings. The standard InChI is InChI=1S/C13H10N4O/c1-17-9-5-3-2-4-7(9)10-11-8(6-14-12(10)17)15-13(18)16-11/h2-6H,1H3,(H2,15,16,18). The number of hydrogen-bond acceptors (Lipinski definition) is 2. The Kier molecular flexibility index (Phi) is 1.58. The molecule has 0 aliphatic heterocycles. The Hall–Kier alpha value is -2.56. The van der Waals surface area contributed by atoms with Gasteiger partial charge in [-0.3, -0.25) is 0 Å². The first-order chi connectivity index (χ1) is 8.75. The number of nitrogens with one attached hydrogen (secondary N) is 2. The van der Waals surface area contributed by atoms with Crippen LogP contribution >= 0.6 is 0 Å². The molecule has 2 N–H and O–H groups in total. The summed E-state index contributed by atoms with van der Waals surface area (Å²) in [5.41, 5.74) is 3.34. The third-order valence-corrected chi connectivity index (χ3v) is 3.40. The third-order valence-electron chi connectivity index (χ3n) is 3.40. The molecule has 0 radical (unpaired) electrons. The van der Waals surface area contributed by atoms with Crippen molar-refractivity contribution in [3.8, 4) is 0 Å². The van der Waals surface area contributed by atoms with Crippen molar-refractivity contribution in [2.75, 3.05) is 0 Å². The van der Waals surface area contributed by atoms with Crippen LogP contribution in [-0.2, 0) is 7.05 Å². The van der Waals surface area contributed by atoms with Gasteiger partial charge < -0.3 is 14.5 Å². The molecule has 0 saturated heterocycles. The number of hydrogen-bond donors (Lipinski definition) is 2. The predicted molar refractivity (Wildman–Crippen MR) is 70.7 cm³/mol. The van der Waals surface area contributed by atoms with Crippen LogP contribution in [-0.4, -0.2) is 19.5 Å². The summed E-state index contributed by atoms with van der Waals surface area (Å²) in [6.45, 7) is 0. The number of para-hydroxylation sites is 1. The molecule has 1 aromatic carbocycles. The highest BCUT2D eigenvalue weighted by Crippen LogP contribution is 2.30. The topological polar surface area (TPSA) is 66.5 Å². The smallest absolute Gasteiger partial charge is 0.323 e. The molecule has 0 amide bonds. The minimum absolute atomic E-state index is 0.202. The largest absolute Gasteiger partial charge is 0.328 e. The van der Waals surface area contributed by atoms with Crippen LogP contribution in [0, 0.1) is 0 Å². The van der Waals surface area contributed by atoms with Gasteiger partial charge in [0, 0.05) is 12.4 Å². The lowest BCUT2D eigenvalue weighted by Gasteiger charge is -1.95. The van der Waals surface area contributed by atoms with E-state index in [1.807, 2.05) is 35.9 Å². The molecule has 88 valence electrons. The van der Waals surface area contributed by atoms with E-state index < -0.39 is 0 Å². The van der Waals surface area contributed by atoms with Gasteiger partial charge in [0.15, 0.2) is 0 Å². The number of fused-ring (bicyclic) bond motifs is 5. The lowest BCUT2D eigenvalue weighted by Crippen LogP contribution is -1.99. The maximum atomic E-state index is 11.4. The summed E-state index contributed by atoms with van der Waals surface area (Å²) in [6, 6.07) is 8.08. The van der Waals surface area contributed by atoms with Crippen molar-refractivity contribution in [3.05, 3.63) is 40.9 Å². The van der Waals surface area contributed by atoms with Crippen LogP contribution in [0.25, 0.3) is 33.0 Å². The number of aryl methyl sites for hydroxylation is 1. The lowest BCUT2D eigenvalue weighted by atomic mass is 10.2. The zero-order valence-corrected chi connectivity index (χ0v) is 9.69. The van der Waals surface area contributed by atoms with Crippen LogP contribution in [0.4, 0.5) is 0 Å². The number of rotatable bonds is 0. The molecule has 0 bridgehead atoms. The van der Waals surface area contributed by atoms with Gasteiger partial charge in [-0.05, 0) is 6.07 Å². The Labute approximate surface area is 101 Å². The van der Waals surface area contributed by atoms with Gasteiger partial charge in [-0.2, -0.15) is 0 Å². The first kappa shape index (κ1) is 9.47. The van der Waals surface area contributed by atoms with Crippen molar-refractivity contribution in [1.82, 2.24) is 19.5 Å². The molecule has 5 heteroatoms. The van der Waals surface area contributed by atoms with E-state index in [0.29, 0.717) is 0 Å². The number of imidazole rings is 1. The maximum absolute atomic E-state index is 11.4. The Morgan fingerprint density at radius 1 is 1.22 bits per heavy atom. The summed E-state index contributed by atoms with van der Waals surface area (Å²) in [5, 5.41) is 2.09. The molecule has 0 aliphatic carbocycles. The maximum Gasteiger partial charge on any atom is 0.323 e. The number of benzene rings is 1. The second-order valence-electron chi connectivity index (χ2n) is 4.40. The van der Waals surface area contributed by atoms with Gasteiger partial charge in [0.1, 0.15) is 5.65 Å². The summed E-state index contributed by atoms with van der Waals surface area (Å²) in [5.74, 6) is 0. The zero-order chi connectivity index (χ0) is 12.3. The Bertz CT molecular complexity index is 958. The average Bonchev–Trinajstić information content (AvgIpc) is 2.88. The van der Waals surface area contributed by atoms with Crippen molar-refractivity contribution in [1.29, 1.82) is 0 Å².